The molecule has 3 rings (SSSR count). The van der Waals surface area contributed by atoms with Crippen LogP contribution < -0.4 is 16.0 Å². The van der Waals surface area contributed by atoms with Crippen LogP contribution in [0.4, 0.5) is 14.9 Å². The number of anilines is 1. The number of nitrogens with one attached hydrogen (secondary N) is 3. The van der Waals surface area contributed by atoms with E-state index >= 15 is 0 Å². The normalized spacial score (nSPS) is 23.4. The second kappa shape index (κ2) is 9.78. The van der Waals surface area contributed by atoms with Gasteiger partial charge in [0, 0.05) is 5.69 Å². The van der Waals surface area contributed by atoms with Crippen LogP contribution in [0.5, 0.6) is 0 Å². The first kappa shape index (κ1) is 25.1. The van der Waals surface area contributed by atoms with Crippen molar-refractivity contribution in [1.29, 1.82) is 0 Å². The first-order chi connectivity index (χ1) is 15.9. The van der Waals surface area contributed by atoms with Gasteiger partial charge in [-0.3, -0.25) is 24.1 Å². The van der Waals surface area contributed by atoms with Crippen LogP contribution in [0.1, 0.15) is 40.0 Å². The number of amides is 5. The minimum atomic E-state index is -1.03. The van der Waals surface area contributed by atoms with Gasteiger partial charge >= 0.3 is 12.0 Å². The zero-order chi connectivity index (χ0) is 25.1. The number of halogens is 1. The van der Waals surface area contributed by atoms with Crippen LogP contribution in [-0.4, -0.2) is 59.9 Å². The van der Waals surface area contributed by atoms with Crippen LogP contribution in [-0.2, 0) is 23.9 Å². The highest BCUT2D eigenvalue weighted by molar-refractivity contribution is 6.09. The summed E-state index contributed by atoms with van der Waals surface area (Å²) in [4.78, 5) is 62.2. The first-order valence-corrected chi connectivity index (χ1v) is 11.0. The van der Waals surface area contributed by atoms with Crippen molar-refractivity contribution in [3.63, 3.8) is 0 Å². The molecule has 34 heavy (non-hydrogen) atoms. The summed E-state index contributed by atoms with van der Waals surface area (Å²) < 4.78 is 17.7. The lowest BCUT2D eigenvalue weighted by Crippen LogP contribution is -2.54. The Morgan fingerprint density at radius 2 is 1.82 bits per heavy atom. The van der Waals surface area contributed by atoms with Crippen molar-refractivity contribution < 1.29 is 33.1 Å². The van der Waals surface area contributed by atoms with Crippen molar-refractivity contribution in [3.8, 4) is 0 Å². The standard InChI is InChI=1S/C23H29FN4O6/c1-14-8-22(2,3)13-23(9-14)20(32)28(21(33)27-23)11-19(31)34-12-18(30)25-10-17(29)26-16-6-4-15(24)5-7-16/h4-7,14H,8-13H2,1-3H3,(H,25,30)(H,26,29)(H,27,33)/t14-,23+/m1/s1. The minimum Gasteiger partial charge on any atom is -0.454 e. The molecule has 1 saturated heterocycles. The summed E-state index contributed by atoms with van der Waals surface area (Å²) in [5, 5.41) is 7.51. The largest absolute Gasteiger partial charge is 0.454 e. The Bertz CT molecular complexity index is 996. The number of carbonyl (C=O) groups excluding carboxylic acids is 5. The van der Waals surface area contributed by atoms with Gasteiger partial charge in [-0.25, -0.2) is 9.18 Å². The highest BCUT2D eigenvalue weighted by Crippen LogP contribution is 2.46. The lowest BCUT2D eigenvalue weighted by molar-refractivity contribution is -0.151. The predicted molar refractivity (Wildman–Crippen MR) is 119 cm³/mol. The van der Waals surface area contributed by atoms with Gasteiger partial charge in [-0.2, -0.15) is 0 Å². The summed E-state index contributed by atoms with van der Waals surface area (Å²) in [6.45, 7) is 4.43. The maximum atomic E-state index is 13.0. The second-order valence-corrected chi connectivity index (χ2v) is 9.75. The summed E-state index contributed by atoms with van der Waals surface area (Å²) in [7, 11) is 0. The van der Waals surface area contributed by atoms with Gasteiger partial charge in [0.05, 0.1) is 6.54 Å². The third kappa shape index (κ3) is 6.09. The fraction of sp³-hybridized carbons (Fsp3) is 0.522. The average molecular weight is 477 g/mol. The van der Waals surface area contributed by atoms with Crippen molar-refractivity contribution in [1.82, 2.24) is 15.5 Å². The van der Waals surface area contributed by atoms with Crippen LogP contribution in [0.3, 0.4) is 0 Å². The molecule has 3 N–H and O–H groups in total. The molecular formula is C23H29FN4O6. The molecule has 1 aliphatic heterocycles. The highest BCUT2D eigenvalue weighted by atomic mass is 19.1. The Balaban J connectivity index is 1.44. The van der Waals surface area contributed by atoms with Gasteiger partial charge in [-0.15, -0.1) is 0 Å². The Labute approximate surface area is 196 Å². The summed E-state index contributed by atoms with van der Waals surface area (Å²) in [5.41, 5.74) is -0.819. The summed E-state index contributed by atoms with van der Waals surface area (Å²) in [6.07, 6.45) is 1.90. The lowest BCUT2D eigenvalue weighted by atomic mass is 9.64. The van der Waals surface area contributed by atoms with E-state index in [1.807, 2.05) is 20.8 Å². The molecule has 1 heterocycles. The molecule has 1 aliphatic carbocycles. The van der Waals surface area contributed by atoms with E-state index in [-0.39, 0.29) is 11.3 Å². The SMILES string of the molecule is C[C@@H]1CC(C)(C)C[C@]2(C1)NC(=O)N(CC(=O)OCC(=O)NCC(=O)Nc1ccc(F)cc1)C2=O. The van der Waals surface area contributed by atoms with E-state index in [1.54, 1.807) is 0 Å². The maximum absolute atomic E-state index is 13.0. The van der Waals surface area contributed by atoms with Crippen LogP contribution in [0.15, 0.2) is 24.3 Å². The summed E-state index contributed by atoms with van der Waals surface area (Å²) >= 11 is 0. The summed E-state index contributed by atoms with van der Waals surface area (Å²) in [5.74, 6) is -2.90. The number of imide groups is 1. The molecular weight excluding hydrogens is 447 g/mol. The number of benzene rings is 1. The van der Waals surface area contributed by atoms with Crippen LogP contribution in [0.2, 0.25) is 0 Å². The molecule has 2 fully saturated rings. The molecule has 5 amide bonds. The number of esters is 1. The molecule has 0 bridgehead atoms. The van der Waals surface area contributed by atoms with E-state index in [9.17, 15) is 28.4 Å². The molecule has 0 aromatic heterocycles. The number of urea groups is 1. The number of hydrogen-bond donors (Lipinski definition) is 3. The van der Waals surface area contributed by atoms with E-state index in [0.717, 1.165) is 11.3 Å². The van der Waals surface area contributed by atoms with Crippen molar-refractivity contribution in [2.45, 2.75) is 45.6 Å². The fourth-order valence-electron chi connectivity index (χ4n) is 4.94. The number of hydrogen-bond acceptors (Lipinski definition) is 6. The maximum Gasteiger partial charge on any atom is 0.326 e. The highest BCUT2D eigenvalue weighted by Gasteiger charge is 2.56. The second-order valence-electron chi connectivity index (χ2n) is 9.75. The van der Waals surface area contributed by atoms with E-state index in [2.05, 4.69) is 16.0 Å². The third-order valence-electron chi connectivity index (χ3n) is 5.85. The van der Waals surface area contributed by atoms with Crippen molar-refractivity contribution >= 4 is 35.4 Å². The smallest absolute Gasteiger partial charge is 0.326 e. The van der Waals surface area contributed by atoms with Crippen LogP contribution >= 0.6 is 0 Å². The molecule has 184 valence electrons. The Morgan fingerprint density at radius 3 is 2.47 bits per heavy atom. The Morgan fingerprint density at radius 1 is 1.15 bits per heavy atom. The van der Waals surface area contributed by atoms with E-state index in [1.165, 1.54) is 24.3 Å². The van der Waals surface area contributed by atoms with Crippen LogP contribution in [0.25, 0.3) is 0 Å². The lowest BCUT2D eigenvalue weighted by Gasteiger charge is -2.43. The molecule has 2 atom stereocenters. The number of nitrogens with zero attached hydrogens (tertiary/aromatic N) is 1. The zero-order valence-corrected chi connectivity index (χ0v) is 19.4. The van der Waals surface area contributed by atoms with Crippen molar-refractivity contribution in [2.75, 3.05) is 25.0 Å². The number of rotatable bonds is 7. The first-order valence-electron chi connectivity index (χ1n) is 11.0. The van der Waals surface area contributed by atoms with Gasteiger partial charge in [0.1, 0.15) is 17.9 Å². The number of ether oxygens (including phenoxy) is 1. The van der Waals surface area contributed by atoms with Crippen LogP contribution in [0, 0.1) is 17.2 Å². The molecule has 1 aromatic carbocycles. The molecule has 0 unspecified atom stereocenters. The monoisotopic (exact) mass is 476 g/mol. The van der Waals surface area contributed by atoms with Gasteiger partial charge in [0.15, 0.2) is 6.61 Å². The fourth-order valence-corrected chi connectivity index (χ4v) is 4.94. The van der Waals surface area contributed by atoms with Crippen molar-refractivity contribution in [2.24, 2.45) is 11.3 Å². The van der Waals surface area contributed by atoms with E-state index in [4.69, 9.17) is 4.74 Å². The van der Waals surface area contributed by atoms with E-state index < -0.39 is 60.8 Å². The molecule has 1 spiro atoms. The quantitative estimate of drug-likeness (QED) is 0.404. The predicted octanol–water partition coefficient (Wildman–Crippen LogP) is 1.56. The molecule has 10 nitrogen and oxygen atoms in total. The molecule has 0 radical (unpaired) electrons. The van der Waals surface area contributed by atoms with E-state index in [0.29, 0.717) is 18.5 Å². The van der Waals surface area contributed by atoms with Gasteiger partial charge in [0.2, 0.25) is 5.91 Å². The molecule has 1 aromatic rings. The minimum absolute atomic E-state index is 0.141. The van der Waals surface area contributed by atoms with Gasteiger partial charge in [-0.1, -0.05) is 20.8 Å². The number of carbonyl (C=O) groups is 5. The Kier molecular flexibility index (Phi) is 7.23. The van der Waals surface area contributed by atoms with Gasteiger partial charge in [0.25, 0.3) is 11.8 Å². The molecule has 11 heteroatoms. The van der Waals surface area contributed by atoms with Gasteiger partial charge in [-0.05, 0) is 54.9 Å². The summed E-state index contributed by atoms with van der Waals surface area (Å²) in [6, 6.07) is 4.43. The van der Waals surface area contributed by atoms with Gasteiger partial charge < -0.3 is 20.7 Å². The molecule has 1 saturated carbocycles. The Hall–Kier alpha value is -3.50. The van der Waals surface area contributed by atoms with Crippen molar-refractivity contribution in [3.05, 3.63) is 30.1 Å². The molecule has 2 aliphatic rings. The topological polar surface area (TPSA) is 134 Å². The average Bonchev–Trinajstić information content (AvgIpc) is 2.94. The zero-order valence-electron chi connectivity index (χ0n) is 19.4. The third-order valence-corrected chi connectivity index (χ3v) is 5.85.